The molecule has 0 unspecified atom stereocenters. The second kappa shape index (κ2) is 27.9. The second-order valence-corrected chi connectivity index (χ2v) is 26.4. The first kappa shape index (κ1) is 62.5. The van der Waals surface area contributed by atoms with Crippen LogP contribution in [0.1, 0.15) is 167 Å². The Morgan fingerprint density at radius 2 is 1.43 bits per heavy atom. The lowest BCUT2D eigenvalue weighted by atomic mass is 9.47. The molecule has 13 atom stereocenters. The van der Waals surface area contributed by atoms with Gasteiger partial charge in [0.2, 0.25) is 29.5 Å². The van der Waals surface area contributed by atoms with Crippen molar-refractivity contribution in [3.63, 3.8) is 0 Å². The zero-order valence-electron chi connectivity index (χ0n) is 50.4. The van der Waals surface area contributed by atoms with Crippen LogP contribution in [0.3, 0.4) is 0 Å². The number of carbonyl (C=O) groups excluding carboxylic acids is 7. The van der Waals surface area contributed by atoms with E-state index in [-0.39, 0.29) is 41.9 Å². The summed E-state index contributed by atoms with van der Waals surface area (Å²) in [6.45, 7) is 17.5. The van der Waals surface area contributed by atoms with Crippen LogP contribution < -0.4 is 26.6 Å². The number of aromatic hydroxyl groups is 1. The van der Waals surface area contributed by atoms with Crippen molar-refractivity contribution >= 4 is 41.4 Å². The highest BCUT2D eigenvalue weighted by Gasteiger charge is 2.59. The molecule has 1 aliphatic heterocycles. The van der Waals surface area contributed by atoms with E-state index in [9.17, 15) is 38.7 Å². The summed E-state index contributed by atoms with van der Waals surface area (Å²) in [5.41, 5.74) is 3.61. The fourth-order valence-corrected chi connectivity index (χ4v) is 15.2. The monoisotopic (exact) mass is 1140 g/mol. The van der Waals surface area contributed by atoms with Gasteiger partial charge in [-0.15, -0.1) is 0 Å². The van der Waals surface area contributed by atoms with Gasteiger partial charge in [-0.1, -0.05) is 122 Å². The van der Waals surface area contributed by atoms with Crippen LogP contribution in [-0.4, -0.2) is 106 Å². The van der Waals surface area contributed by atoms with Crippen LogP contribution in [0.15, 0.2) is 90.8 Å². The molecule has 2 aromatic carbocycles. The van der Waals surface area contributed by atoms with E-state index in [1.165, 1.54) is 80.7 Å². The summed E-state index contributed by atoms with van der Waals surface area (Å²) in [7, 11) is 0. The molecule has 2 heterocycles. The molecule has 6 N–H and O–H groups in total. The predicted molar refractivity (Wildman–Crippen MR) is 319 cm³/mol. The van der Waals surface area contributed by atoms with E-state index >= 15 is 0 Å². The predicted octanol–water partition coefficient (Wildman–Crippen LogP) is 8.95. The van der Waals surface area contributed by atoms with E-state index in [2.05, 4.69) is 72.3 Å². The Kier molecular flexibility index (Phi) is 21.0. The van der Waals surface area contributed by atoms with Crippen molar-refractivity contribution < 1.29 is 43.4 Å². The maximum atomic E-state index is 14.4. The summed E-state index contributed by atoms with van der Waals surface area (Å²) < 4.78 is 6.37. The minimum atomic E-state index is -1.19. The number of rotatable bonds is 24. The zero-order valence-corrected chi connectivity index (χ0v) is 50.4. The third kappa shape index (κ3) is 15.4. The Balaban J connectivity index is 0.863. The molecule has 6 amide bonds. The van der Waals surface area contributed by atoms with Gasteiger partial charge in [-0.3, -0.25) is 33.8 Å². The van der Waals surface area contributed by atoms with Gasteiger partial charge >= 0.3 is 5.97 Å². The van der Waals surface area contributed by atoms with E-state index in [0.717, 1.165) is 48.5 Å². The van der Waals surface area contributed by atoms with Gasteiger partial charge in [0.25, 0.3) is 5.91 Å². The number of likely N-dealkylation sites (tertiary alicyclic amines) is 1. The first-order valence-corrected chi connectivity index (χ1v) is 31.0. The first-order chi connectivity index (χ1) is 39.6. The van der Waals surface area contributed by atoms with Crippen LogP contribution in [0.5, 0.6) is 5.75 Å². The number of esters is 1. The molecule has 3 aromatic rings. The average molecular weight is 1140 g/mol. The van der Waals surface area contributed by atoms with E-state index < -0.39 is 72.3 Å². The lowest BCUT2D eigenvalue weighted by Crippen LogP contribution is -2.57. The third-order valence-electron chi connectivity index (χ3n) is 19.7. The van der Waals surface area contributed by atoms with E-state index in [1.54, 1.807) is 30.5 Å². The van der Waals surface area contributed by atoms with E-state index in [4.69, 9.17) is 4.74 Å². The molecule has 3 saturated carbocycles. The lowest BCUT2D eigenvalue weighted by Gasteiger charge is -2.58. The maximum absolute atomic E-state index is 14.4. The summed E-state index contributed by atoms with van der Waals surface area (Å²) in [4.78, 5) is 103. The molecule has 0 bridgehead atoms. The van der Waals surface area contributed by atoms with Crippen molar-refractivity contribution in [3.8, 4) is 5.75 Å². The highest BCUT2D eigenvalue weighted by Crippen LogP contribution is 2.67. The molecule has 83 heavy (non-hydrogen) atoms. The quantitative estimate of drug-likeness (QED) is 0.0369. The first-order valence-electron chi connectivity index (χ1n) is 31.0. The zero-order chi connectivity index (χ0) is 59.6. The van der Waals surface area contributed by atoms with Crippen LogP contribution in [0.25, 0.3) is 0 Å². The van der Waals surface area contributed by atoms with Crippen LogP contribution >= 0.6 is 0 Å². The van der Waals surface area contributed by atoms with Crippen molar-refractivity contribution in [2.45, 2.75) is 194 Å². The minimum Gasteiger partial charge on any atom is -0.508 e. The number of carbonyl (C=O) groups is 7. The Morgan fingerprint density at radius 1 is 0.723 bits per heavy atom. The Morgan fingerprint density at radius 3 is 2.13 bits per heavy atom. The third-order valence-corrected chi connectivity index (χ3v) is 19.7. The number of ether oxygens (including phenoxy) is 1. The topological polar surface area (TPSA) is 225 Å². The number of benzene rings is 2. The summed E-state index contributed by atoms with van der Waals surface area (Å²) >= 11 is 0. The molecule has 1 saturated heterocycles. The number of fused-ring (bicyclic) bond motifs is 5. The van der Waals surface area contributed by atoms with Crippen molar-refractivity contribution in [1.82, 2.24) is 36.5 Å². The molecule has 5 aliphatic rings. The number of aromatic nitrogens is 1. The number of phenolic OH excluding ortho intramolecular Hbond substituents is 1. The number of pyridine rings is 1. The fourth-order valence-electron chi connectivity index (χ4n) is 15.2. The fraction of sp³-hybridized carbons (Fsp3) is 0.612. The smallest absolute Gasteiger partial charge is 0.328 e. The minimum absolute atomic E-state index is 0.00350. The molecule has 16 nitrogen and oxygen atoms in total. The SMILES string of the molecule is CC(C)CCC[C@@H](C)[C@H]1CC[C@H]2[C@@H]3CC=C4C[C@@H](OC(=O)[C@@H](CC(C)C)NC(=O)[C@H](Cc5ccccc5)NC(=O)CNC(=O)[C@@H](C)NC(=O)[C@H](Cc5ccc(O)cc5)NC(=O)[C@@H]5CCCN5C(=O)c5cccnc5)CC[C@]4(C)[C@H]3CC[C@]12C. The largest absolute Gasteiger partial charge is 0.508 e. The molecule has 8 rings (SSSR count). The molecule has 1 aromatic heterocycles. The molecule has 4 fully saturated rings. The van der Waals surface area contributed by atoms with E-state index in [1.807, 2.05) is 44.2 Å². The molecule has 0 spiro atoms. The normalized spacial score (nSPS) is 26.4. The van der Waals surface area contributed by atoms with Gasteiger partial charge in [0, 0.05) is 38.2 Å². The number of allylic oxidation sites excluding steroid dienone is 1. The van der Waals surface area contributed by atoms with Crippen LogP contribution in [0, 0.1) is 52.3 Å². The summed E-state index contributed by atoms with van der Waals surface area (Å²) in [5.74, 6) is 0.409. The van der Waals surface area contributed by atoms with E-state index in [0.29, 0.717) is 60.6 Å². The standard InChI is InChI=1S/C67H93N7O9/c1-41(2)15-12-16-43(5)52-27-28-53-51-26-23-48-38-50(29-31-66(48,7)54(51)30-32-67(52,53)8)83-65(82)57(35-42(3)4)73-62(79)55(36-45-17-10-9-11-18-45)71-59(76)40-69-60(77)44(6)70-61(78)56(37-46-21-24-49(75)25-22-46)72-63(80)58-20-14-34-74(58)64(81)47-19-13-33-68-39-47/h9-11,13,17-19,21-25,33,39,41-44,50-58,75H,12,14-16,20,26-32,34-38,40H2,1-8H3,(H,69,77)(H,70,78)(H,71,76)(H,72,80)(H,73,79)/t43-,44-,50+,51+,52-,53+,54+,55+,56+,57-,58+,66+,67-/m1/s1. The number of phenols is 1. The number of hydrogen-bond acceptors (Lipinski definition) is 10. The summed E-state index contributed by atoms with van der Waals surface area (Å²) in [5, 5.41) is 23.7. The molecular weight excluding hydrogens is 1050 g/mol. The Labute approximate surface area is 492 Å². The maximum Gasteiger partial charge on any atom is 0.328 e. The van der Waals surface area contributed by atoms with Gasteiger partial charge < -0.3 is 41.3 Å². The summed E-state index contributed by atoms with van der Waals surface area (Å²) in [6, 6.07) is 13.3. The Hall–Kier alpha value is -6.58. The van der Waals surface area contributed by atoms with Gasteiger partial charge in [0.05, 0.1) is 12.1 Å². The molecule has 0 radical (unpaired) electrons. The lowest BCUT2D eigenvalue weighted by molar-refractivity contribution is -0.156. The number of nitrogens with zero attached hydrogens (tertiary/aromatic N) is 2. The van der Waals surface area contributed by atoms with Crippen molar-refractivity contribution in [1.29, 1.82) is 0 Å². The summed E-state index contributed by atoms with van der Waals surface area (Å²) in [6.07, 6.45) is 19.3. The van der Waals surface area contributed by atoms with Crippen molar-refractivity contribution in [2.75, 3.05) is 13.1 Å². The molecule has 4 aliphatic carbocycles. The van der Waals surface area contributed by atoms with Crippen LogP contribution in [-0.2, 0) is 46.3 Å². The van der Waals surface area contributed by atoms with Crippen molar-refractivity contribution in [3.05, 3.63) is 107 Å². The van der Waals surface area contributed by atoms with Gasteiger partial charge in [-0.2, -0.15) is 0 Å². The van der Waals surface area contributed by atoms with Gasteiger partial charge in [-0.05, 0) is 159 Å². The van der Waals surface area contributed by atoms with Gasteiger partial charge in [-0.25, -0.2) is 4.79 Å². The number of nitrogens with one attached hydrogen (secondary N) is 5. The second-order valence-electron chi connectivity index (χ2n) is 26.4. The molecule has 450 valence electrons. The number of hydrogen-bond donors (Lipinski definition) is 6. The molecule has 16 heteroatoms. The average Bonchev–Trinajstić information content (AvgIpc) is 4.13. The highest BCUT2D eigenvalue weighted by atomic mass is 16.5. The molecular formula is C67H93N7O9. The van der Waals surface area contributed by atoms with Crippen LogP contribution in [0.2, 0.25) is 0 Å². The van der Waals surface area contributed by atoms with Gasteiger partial charge in [0.1, 0.15) is 42.1 Å². The number of amides is 6. The van der Waals surface area contributed by atoms with Crippen LogP contribution in [0.4, 0.5) is 0 Å². The highest BCUT2D eigenvalue weighted by molar-refractivity contribution is 5.99. The van der Waals surface area contributed by atoms with Crippen molar-refractivity contribution in [2.24, 2.45) is 52.3 Å². The Bertz CT molecular complexity index is 2770. The van der Waals surface area contributed by atoms with Gasteiger partial charge in [0.15, 0.2) is 0 Å².